The maximum atomic E-state index is 10.8. The number of rotatable bonds is 6. The number of thioether (sulfide) groups is 1. The van der Waals surface area contributed by atoms with Crippen LogP contribution in [-0.2, 0) is 15.3 Å². The Bertz CT molecular complexity index is 518. The van der Waals surface area contributed by atoms with Gasteiger partial charge in [-0.15, -0.1) is 0 Å². The summed E-state index contributed by atoms with van der Waals surface area (Å²) < 4.78 is 5.45. The van der Waals surface area contributed by atoms with E-state index in [1.165, 1.54) is 6.92 Å². The molecule has 0 saturated carbocycles. The molecular formula is C14H21ClN4O2S. The van der Waals surface area contributed by atoms with E-state index < -0.39 is 0 Å². The quantitative estimate of drug-likeness (QED) is 0.626. The summed E-state index contributed by atoms with van der Waals surface area (Å²) in [6.07, 6.45) is 0. The summed E-state index contributed by atoms with van der Waals surface area (Å²) in [5, 5.41) is 3.04. The smallest absolute Gasteiger partial charge is 0.224 e. The van der Waals surface area contributed by atoms with Crippen molar-refractivity contribution in [1.29, 1.82) is 0 Å². The predicted molar refractivity (Wildman–Crippen MR) is 89.5 cm³/mol. The van der Waals surface area contributed by atoms with E-state index in [1.807, 2.05) is 6.07 Å². The standard InChI is InChI=1S/C14H21ClN4O2S/c1-10-8-21-5-4-19(10)13-7-12(17-14(15)18-13)9-22-6-3-16-11(2)20/h7,10H,3-6,8-9H2,1-2H3,(H,16,20)/t10-/m0/s1. The molecule has 1 N–H and O–H groups in total. The van der Waals surface area contributed by atoms with Gasteiger partial charge < -0.3 is 15.0 Å². The topological polar surface area (TPSA) is 67.4 Å². The lowest BCUT2D eigenvalue weighted by Crippen LogP contribution is -2.44. The third kappa shape index (κ3) is 5.30. The molecule has 1 atom stereocenters. The first-order valence-corrected chi connectivity index (χ1v) is 8.79. The number of hydrogen-bond acceptors (Lipinski definition) is 6. The number of halogens is 1. The summed E-state index contributed by atoms with van der Waals surface area (Å²) in [6.45, 7) is 6.49. The molecule has 0 aliphatic carbocycles. The van der Waals surface area contributed by atoms with Crippen LogP contribution in [-0.4, -0.2) is 54.0 Å². The first-order valence-electron chi connectivity index (χ1n) is 7.26. The third-order valence-electron chi connectivity index (χ3n) is 3.27. The molecule has 1 amide bonds. The summed E-state index contributed by atoms with van der Waals surface area (Å²) in [4.78, 5) is 21.6. The number of morpholine rings is 1. The van der Waals surface area contributed by atoms with Crippen LogP contribution in [0.4, 0.5) is 5.82 Å². The molecule has 0 radical (unpaired) electrons. The number of nitrogens with zero attached hydrogens (tertiary/aromatic N) is 3. The van der Waals surface area contributed by atoms with E-state index >= 15 is 0 Å². The first kappa shape index (κ1) is 17.3. The molecule has 1 fully saturated rings. The minimum absolute atomic E-state index is 0.00530. The maximum absolute atomic E-state index is 10.8. The number of hydrogen-bond donors (Lipinski definition) is 1. The number of carbonyl (C=O) groups excluding carboxylic acids is 1. The molecule has 2 rings (SSSR count). The van der Waals surface area contributed by atoms with Crippen LogP contribution in [0.1, 0.15) is 19.5 Å². The van der Waals surface area contributed by atoms with Crippen molar-refractivity contribution in [3.05, 3.63) is 17.0 Å². The molecule has 0 aromatic carbocycles. The van der Waals surface area contributed by atoms with Gasteiger partial charge in [0.2, 0.25) is 11.2 Å². The van der Waals surface area contributed by atoms with Gasteiger partial charge in [-0.1, -0.05) is 0 Å². The minimum atomic E-state index is -0.00530. The zero-order chi connectivity index (χ0) is 15.9. The average molecular weight is 345 g/mol. The highest BCUT2D eigenvalue weighted by Crippen LogP contribution is 2.22. The maximum Gasteiger partial charge on any atom is 0.224 e. The summed E-state index contributed by atoms with van der Waals surface area (Å²) in [7, 11) is 0. The molecular weight excluding hydrogens is 324 g/mol. The Balaban J connectivity index is 1.93. The van der Waals surface area contributed by atoms with Gasteiger partial charge in [-0.2, -0.15) is 11.8 Å². The third-order valence-corrected chi connectivity index (χ3v) is 4.43. The lowest BCUT2D eigenvalue weighted by Gasteiger charge is -2.34. The van der Waals surface area contributed by atoms with E-state index in [1.54, 1.807) is 11.8 Å². The second-order valence-corrected chi connectivity index (χ2v) is 6.58. The van der Waals surface area contributed by atoms with Crippen molar-refractivity contribution < 1.29 is 9.53 Å². The fourth-order valence-electron chi connectivity index (χ4n) is 2.22. The van der Waals surface area contributed by atoms with Crippen LogP contribution >= 0.6 is 23.4 Å². The minimum Gasteiger partial charge on any atom is -0.377 e. The van der Waals surface area contributed by atoms with Gasteiger partial charge in [-0.05, 0) is 18.5 Å². The van der Waals surface area contributed by atoms with Gasteiger partial charge in [-0.3, -0.25) is 4.79 Å². The molecule has 2 heterocycles. The van der Waals surface area contributed by atoms with Crippen molar-refractivity contribution in [3.63, 3.8) is 0 Å². The van der Waals surface area contributed by atoms with Gasteiger partial charge in [0.1, 0.15) is 5.82 Å². The molecule has 122 valence electrons. The Kier molecular flexibility index (Phi) is 6.72. The van der Waals surface area contributed by atoms with Gasteiger partial charge in [0, 0.05) is 37.6 Å². The highest BCUT2D eigenvalue weighted by atomic mass is 35.5. The van der Waals surface area contributed by atoms with Crippen LogP contribution in [0.5, 0.6) is 0 Å². The molecule has 0 unspecified atom stereocenters. The van der Waals surface area contributed by atoms with Crippen LogP contribution in [0, 0.1) is 0 Å². The molecule has 6 nitrogen and oxygen atoms in total. The zero-order valence-electron chi connectivity index (χ0n) is 12.8. The van der Waals surface area contributed by atoms with Crippen LogP contribution in [0.3, 0.4) is 0 Å². The second-order valence-electron chi connectivity index (χ2n) is 5.14. The van der Waals surface area contributed by atoms with Crippen molar-refractivity contribution in [3.8, 4) is 0 Å². The van der Waals surface area contributed by atoms with Gasteiger partial charge in [0.15, 0.2) is 0 Å². The molecule has 1 aromatic rings. The number of carbonyl (C=O) groups is 1. The SMILES string of the molecule is CC(=O)NCCSCc1cc(N2CCOC[C@@H]2C)nc(Cl)n1. The largest absolute Gasteiger partial charge is 0.377 e. The van der Waals surface area contributed by atoms with Crippen molar-refractivity contribution in [2.45, 2.75) is 25.6 Å². The Morgan fingerprint density at radius 3 is 3.14 bits per heavy atom. The van der Waals surface area contributed by atoms with Crippen LogP contribution < -0.4 is 10.2 Å². The highest BCUT2D eigenvalue weighted by Gasteiger charge is 2.21. The van der Waals surface area contributed by atoms with Gasteiger partial charge in [0.05, 0.1) is 24.9 Å². The Morgan fingerprint density at radius 1 is 1.59 bits per heavy atom. The van der Waals surface area contributed by atoms with E-state index in [0.29, 0.717) is 19.8 Å². The van der Waals surface area contributed by atoms with Crippen LogP contribution in [0.15, 0.2) is 6.07 Å². The Morgan fingerprint density at radius 2 is 2.41 bits per heavy atom. The number of ether oxygens (including phenoxy) is 1. The highest BCUT2D eigenvalue weighted by molar-refractivity contribution is 7.98. The first-order chi connectivity index (χ1) is 10.6. The summed E-state index contributed by atoms with van der Waals surface area (Å²) in [5.41, 5.74) is 0.904. The van der Waals surface area contributed by atoms with Crippen molar-refractivity contribution >= 4 is 35.1 Å². The van der Waals surface area contributed by atoms with Crippen LogP contribution in [0.2, 0.25) is 5.28 Å². The number of nitrogens with one attached hydrogen (secondary N) is 1. The average Bonchev–Trinajstić information content (AvgIpc) is 2.46. The molecule has 0 bridgehead atoms. The fraction of sp³-hybridized carbons (Fsp3) is 0.643. The van der Waals surface area contributed by atoms with E-state index in [0.717, 1.165) is 29.6 Å². The number of aromatic nitrogens is 2. The van der Waals surface area contributed by atoms with E-state index in [2.05, 4.69) is 27.1 Å². The molecule has 1 saturated heterocycles. The monoisotopic (exact) mass is 344 g/mol. The summed E-state index contributed by atoms with van der Waals surface area (Å²) in [6, 6.07) is 2.26. The second kappa shape index (κ2) is 8.55. The van der Waals surface area contributed by atoms with E-state index in [9.17, 15) is 4.79 Å². The lowest BCUT2D eigenvalue weighted by molar-refractivity contribution is -0.118. The molecule has 1 aliphatic heterocycles. The van der Waals surface area contributed by atoms with Gasteiger partial charge >= 0.3 is 0 Å². The molecule has 8 heteroatoms. The number of amides is 1. The lowest BCUT2D eigenvalue weighted by atomic mass is 10.2. The van der Waals surface area contributed by atoms with Crippen molar-refractivity contribution in [2.75, 3.05) is 37.0 Å². The van der Waals surface area contributed by atoms with Crippen LogP contribution in [0.25, 0.3) is 0 Å². The fourth-order valence-corrected chi connectivity index (χ4v) is 3.16. The Labute approximate surface area is 140 Å². The zero-order valence-corrected chi connectivity index (χ0v) is 14.4. The number of anilines is 1. The van der Waals surface area contributed by atoms with E-state index in [-0.39, 0.29) is 17.2 Å². The normalized spacial score (nSPS) is 18.3. The molecule has 22 heavy (non-hydrogen) atoms. The van der Waals surface area contributed by atoms with Gasteiger partial charge in [-0.25, -0.2) is 9.97 Å². The van der Waals surface area contributed by atoms with Crippen molar-refractivity contribution in [2.24, 2.45) is 0 Å². The van der Waals surface area contributed by atoms with Gasteiger partial charge in [0.25, 0.3) is 0 Å². The predicted octanol–water partition coefficient (Wildman–Crippen LogP) is 1.72. The molecule has 1 aromatic heterocycles. The Hall–Kier alpha value is -1.05. The van der Waals surface area contributed by atoms with E-state index in [4.69, 9.17) is 16.3 Å². The van der Waals surface area contributed by atoms with Crippen molar-refractivity contribution in [1.82, 2.24) is 15.3 Å². The molecule has 0 spiro atoms. The summed E-state index contributed by atoms with van der Waals surface area (Å²) in [5.74, 6) is 2.43. The summed E-state index contributed by atoms with van der Waals surface area (Å²) >= 11 is 7.76. The molecule has 1 aliphatic rings.